The third kappa shape index (κ3) is 5.52. The van der Waals surface area contributed by atoms with Crippen molar-refractivity contribution in [3.63, 3.8) is 0 Å². The summed E-state index contributed by atoms with van der Waals surface area (Å²) in [5.74, 6) is 0.532. The van der Waals surface area contributed by atoms with Gasteiger partial charge >= 0.3 is 0 Å². The quantitative estimate of drug-likeness (QED) is 0.803. The Bertz CT molecular complexity index is 533. The van der Waals surface area contributed by atoms with E-state index in [-0.39, 0.29) is 18.6 Å². The third-order valence-electron chi connectivity index (χ3n) is 4.39. The van der Waals surface area contributed by atoms with E-state index in [1.807, 2.05) is 26.0 Å². The molecule has 1 saturated heterocycles. The Balaban J connectivity index is 1.85. The Hall–Kier alpha value is -1.59. The Morgan fingerprint density at radius 1 is 1.43 bits per heavy atom. The highest BCUT2D eigenvalue weighted by Gasteiger charge is 2.25. The Kier molecular flexibility index (Phi) is 6.42. The van der Waals surface area contributed by atoms with Crippen molar-refractivity contribution in [3.05, 3.63) is 29.3 Å². The monoisotopic (exact) mass is 320 g/mol. The molecule has 1 aromatic rings. The smallest absolute Gasteiger partial charge is 0.218 e. The van der Waals surface area contributed by atoms with Gasteiger partial charge < -0.3 is 15.6 Å². The summed E-state index contributed by atoms with van der Waals surface area (Å²) in [6.45, 7) is 5.72. The molecule has 3 N–H and O–H groups in total. The molecule has 1 aliphatic rings. The van der Waals surface area contributed by atoms with Crippen molar-refractivity contribution in [1.29, 1.82) is 0 Å². The van der Waals surface area contributed by atoms with E-state index >= 15 is 0 Å². The number of nitrogens with two attached hydrogens (primary N) is 1. The maximum absolute atomic E-state index is 11.2. The highest BCUT2D eigenvalue weighted by molar-refractivity contribution is 5.74. The van der Waals surface area contributed by atoms with E-state index in [9.17, 15) is 9.90 Å². The average molecular weight is 320 g/mol. The fourth-order valence-corrected chi connectivity index (χ4v) is 3.23. The van der Waals surface area contributed by atoms with Gasteiger partial charge in [0.2, 0.25) is 5.91 Å². The van der Waals surface area contributed by atoms with Gasteiger partial charge in [0.05, 0.1) is 0 Å². The molecule has 0 saturated carbocycles. The number of likely N-dealkylation sites (tertiary alicyclic amines) is 1. The second-order valence-electron chi connectivity index (χ2n) is 6.55. The van der Waals surface area contributed by atoms with Gasteiger partial charge in [-0.05, 0) is 44.9 Å². The van der Waals surface area contributed by atoms with Crippen LogP contribution in [0.1, 0.15) is 36.8 Å². The predicted molar refractivity (Wildman–Crippen MR) is 90.4 cm³/mol. The fraction of sp³-hybridized carbons (Fsp3) is 0.611. The van der Waals surface area contributed by atoms with Gasteiger partial charge in [-0.1, -0.05) is 24.1 Å². The largest absolute Gasteiger partial charge is 0.491 e. The molecule has 2 atom stereocenters. The van der Waals surface area contributed by atoms with E-state index < -0.39 is 6.10 Å². The Labute approximate surface area is 138 Å². The average Bonchev–Trinajstić information content (AvgIpc) is 2.48. The number of piperidine rings is 1. The molecule has 1 aliphatic heterocycles. The first-order valence-corrected chi connectivity index (χ1v) is 8.36. The zero-order valence-electron chi connectivity index (χ0n) is 14.1. The van der Waals surface area contributed by atoms with Crippen LogP contribution in [0.4, 0.5) is 0 Å². The number of aliphatic hydroxyl groups excluding tert-OH is 1. The highest BCUT2D eigenvalue weighted by Crippen LogP contribution is 2.21. The van der Waals surface area contributed by atoms with Gasteiger partial charge in [-0.25, -0.2) is 0 Å². The normalized spacial score (nSPS) is 20.2. The van der Waals surface area contributed by atoms with Crippen LogP contribution < -0.4 is 10.5 Å². The summed E-state index contributed by atoms with van der Waals surface area (Å²) in [5.41, 5.74) is 7.59. The molecule has 0 spiro atoms. The lowest BCUT2D eigenvalue weighted by atomic mass is 9.98. The van der Waals surface area contributed by atoms with Crippen LogP contribution in [-0.2, 0) is 4.79 Å². The van der Waals surface area contributed by atoms with Gasteiger partial charge in [0.25, 0.3) is 0 Å². The molecule has 1 aromatic carbocycles. The molecule has 23 heavy (non-hydrogen) atoms. The first-order valence-electron chi connectivity index (χ1n) is 8.36. The molecule has 0 radical (unpaired) electrons. The molecule has 1 heterocycles. The second-order valence-corrected chi connectivity index (χ2v) is 6.55. The van der Waals surface area contributed by atoms with E-state index in [0.717, 1.165) is 37.1 Å². The number of aryl methyl sites for hydroxylation is 2. The molecule has 2 unspecified atom stereocenters. The Morgan fingerprint density at radius 3 is 2.91 bits per heavy atom. The number of benzene rings is 1. The summed E-state index contributed by atoms with van der Waals surface area (Å²) in [7, 11) is 0. The molecule has 1 amide bonds. The van der Waals surface area contributed by atoms with Crippen molar-refractivity contribution < 1.29 is 14.6 Å². The van der Waals surface area contributed by atoms with Crippen LogP contribution in [0.25, 0.3) is 0 Å². The van der Waals surface area contributed by atoms with Crippen LogP contribution in [0.2, 0.25) is 0 Å². The number of amides is 1. The fourth-order valence-electron chi connectivity index (χ4n) is 3.23. The molecular weight excluding hydrogens is 292 g/mol. The van der Waals surface area contributed by atoms with Crippen molar-refractivity contribution in [1.82, 2.24) is 4.90 Å². The van der Waals surface area contributed by atoms with Crippen LogP contribution in [0.5, 0.6) is 5.75 Å². The summed E-state index contributed by atoms with van der Waals surface area (Å²) in [5, 5.41) is 10.3. The first kappa shape index (κ1) is 17.8. The van der Waals surface area contributed by atoms with Crippen molar-refractivity contribution in [3.8, 4) is 5.75 Å². The highest BCUT2D eigenvalue weighted by atomic mass is 16.5. The van der Waals surface area contributed by atoms with E-state index in [0.29, 0.717) is 13.0 Å². The lowest BCUT2D eigenvalue weighted by molar-refractivity contribution is -0.119. The predicted octanol–water partition coefficient (Wildman–Crippen LogP) is 1.77. The lowest BCUT2D eigenvalue weighted by Gasteiger charge is -2.36. The van der Waals surface area contributed by atoms with Crippen LogP contribution in [0.3, 0.4) is 0 Å². The standard InChI is InChI=1S/C18H28N2O3/c1-13-6-7-17(14(2)9-13)23-12-16(21)11-20-8-4-3-5-15(20)10-18(19)22/h6-7,9,15-16,21H,3-5,8,10-12H2,1-2H3,(H2,19,22). The summed E-state index contributed by atoms with van der Waals surface area (Å²) < 4.78 is 5.74. The molecular formula is C18H28N2O3. The van der Waals surface area contributed by atoms with Gasteiger partial charge in [-0.3, -0.25) is 9.69 Å². The molecule has 1 fully saturated rings. The second kappa shape index (κ2) is 8.31. The van der Waals surface area contributed by atoms with Crippen LogP contribution in [0.15, 0.2) is 18.2 Å². The number of β-amino-alcohol motifs (C(OH)–C–C–N with tert-alkyl or cyclic N) is 1. The van der Waals surface area contributed by atoms with Gasteiger partial charge in [0, 0.05) is 19.0 Å². The van der Waals surface area contributed by atoms with Gasteiger partial charge in [-0.15, -0.1) is 0 Å². The maximum atomic E-state index is 11.2. The molecule has 0 aliphatic carbocycles. The lowest BCUT2D eigenvalue weighted by Crippen LogP contribution is -2.46. The Morgan fingerprint density at radius 2 is 2.22 bits per heavy atom. The number of hydrogen-bond donors (Lipinski definition) is 2. The van der Waals surface area contributed by atoms with Crippen LogP contribution >= 0.6 is 0 Å². The van der Waals surface area contributed by atoms with Crippen molar-refractivity contribution in [2.45, 2.75) is 51.7 Å². The molecule has 5 heteroatoms. The number of rotatable bonds is 7. The number of aliphatic hydroxyl groups is 1. The zero-order chi connectivity index (χ0) is 16.8. The molecule has 0 aromatic heterocycles. The van der Waals surface area contributed by atoms with Gasteiger partial charge in [0.15, 0.2) is 0 Å². The minimum absolute atomic E-state index is 0.150. The van der Waals surface area contributed by atoms with Crippen molar-refractivity contribution in [2.24, 2.45) is 5.73 Å². The van der Waals surface area contributed by atoms with E-state index in [1.165, 1.54) is 5.56 Å². The number of carbonyl (C=O) groups excluding carboxylic acids is 1. The number of nitrogens with zero attached hydrogens (tertiary/aromatic N) is 1. The van der Waals surface area contributed by atoms with Crippen LogP contribution in [0, 0.1) is 13.8 Å². The summed E-state index contributed by atoms with van der Waals surface area (Å²) in [6.07, 6.45) is 2.96. The minimum Gasteiger partial charge on any atom is -0.491 e. The molecule has 5 nitrogen and oxygen atoms in total. The number of ether oxygens (including phenoxy) is 1. The summed E-state index contributed by atoms with van der Waals surface area (Å²) in [6, 6.07) is 6.16. The van der Waals surface area contributed by atoms with Gasteiger partial charge in [0.1, 0.15) is 18.5 Å². The summed E-state index contributed by atoms with van der Waals surface area (Å²) in [4.78, 5) is 13.4. The van der Waals surface area contributed by atoms with Crippen molar-refractivity contribution in [2.75, 3.05) is 19.7 Å². The van der Waals surface area contributed by atoms with E-state index in [1.54, 1.807) is 0 Å². The van der Waals surface area contributed by atoms with Crippen molar-refractivity contribution >= 4 is 5.91 Å². The topological polar surface area (TPSA) is 75.8 Å². The zero-order valence-corrected chi connectivity index (χ0v) is 14.1. The molecule has 128 valence electrons. The minimum atomic E-state index is -0.579. The summed E-state index contributed by atoms with van der Waals surface area (Å²) >= 11 is 0. The van der Waals surface area contributed by atoms with E-state index in [2.05, 4.69) is 11.0 Å². The maximum Gasteiger partial charge on any atom is 0.218 e. The third-order valence-corrected chi connectivity index (χ3v) is 4.39. The first-order chi connectivity index (χ1) is 11.0. The van der Waals surface area contributed by atoms with E-state index in [4.69, 9.17) is 10.5 Å². The van der Waals surface area contributed by atoms with Gasteiger partial charge in [-0.2, -0.15) is 0 Å². The van der Waals surface area contributed by atoms with Crippen LogP contribution in [-0.4, -0.2) is 47.8 Å². The molecule has 2 rings (SSSR count). The number of carbonyl (C=O) groups is 1. The SMILES string of the molecule is Cc1ccc(OCC(O)CN2CCCCC2CC(N)=O)c(C)c1. The molecule has 0 bridgehead atoms. The number of primary amides is 1. The number of hydrogen-bond acceptors (Lipinski definition) is 4.